The van der Waals surface area contributed by atoms with E-state index in [1.54, 1.807) is 28.0 Å². The summed E-state index contributed by atoms with van der Waals surface area (Å²) in [5.41, 5.74) is 4.42. The lowest BCUT2D eigenvalue weighted by Gasteiger charge is -2.12. The van der Waals surface area contributed by atoms with Crippen LogP contribution in [0.5, 0.6) is 11.5 Å². The molecule has 8 heteroatoms. The number of aromatic nitrogens is 4. The van der Waals surface area contributed by atoms with Crippen LogP contribution in [0, 0.1) is 0 Å². The van der Waals surface area contributed by atoms with Crippen LogP contribution in [-0.4, -0.2) is 38.7 Å². The molecule has 0 radical (unpaired) electrons. The summed E-state index contributed by atoms with van der Waals surface area (Å²) < 4.78 is 14.9. The van der Waals surface area contributed by atoms with Gasteiger partial charge in [-0.15, -0.1) is 0 Å². The Morgan fingerprint density at radius 1 is 0.868 bits per heavy atom. The largest absolute Gasteiger partial charge is 0.490 e. The van der Waals surface area contributed by atoms with Crippen molar-refractivity contribution in [1.82, 2.24) is 19.6 Å². The number of para-hydroxylation sites is 1. The van der Waals surface area contributed by atoms with E-state index in [4.69, 9.17) is 14.6 Å². The second kappa shape index (κ2) is 11.5. The van der Waals surface area contributed by atoms with E-state index in [0.717, 1.165) is 22.6 Å². The number of hydrogen-bond donors (Lipinski definition) is 1. The van der Waals surface area contributed by atoms with Gasteiger partial charge in [-0.05, 0) is 43.7 Å². The Kier molecular flexibility index (Phi) is 7.49. The molecule has 0 saturated carbocycles. The maximum absolute atomic E-state index is 13.4. The van der Waals surface area contributed by atoms with Crippen molar-refractivity contribution >= 4 is 11.6 Å². The van der Waals surface area contributed by atoms with Crippen molar-refractivity contribution in [2.75, 3.05) is 18.5 Å². The van der Waals surface area contributed by atoms with E-state index >= 15 is 0 Å². The number of amides is 1. The lowest BCUT2D eigenvalue weighted by Crippen LogP contribution is -2.12. The number of benzene rings is 3. The molecule has 192 valence electrons. The van der Waals surface area contributed by atoms with Gasteiger partial charge in [0.05, 0.1) is 42.9 Å². The molecule has 0 unspecified atom stereocenters. The molecule has 0 aliphatic carbocycles. The number of ether oxygens (including phenoxy) is 2. The highest BCUT2D eigenvalue weighted by Gasteiger charge is 2.19. The SMILES string of the molecule is CCOc1ccc(Cn2cc(NC(=O)c3cn(-c4ccccc4)nc3-c3ccccc3)cn2)cc1OCC. The number of nitrogens with zero attached hydrogens (tertiary/aromatic N) is 4. The Hall–Kier alpha value is -4.85. The van der Waals surface area contributed by atoms with Crippen LogP contribution in [0.3, 0.4) is 0 Å². The van der Waals surface area contributed by atoms with Gasteiger partial charge in [-0.25, -0.2) is 4.68 Å². The standard InChI is InChI=1S/C30H29N5O3/c1-3-37-27-16-15-22(17-28(27)38-4-2)19-34-20-24(18-31-34)32-30(36)26-21-35(25-13-9-6-10-14-25)33-29(26)23-11-7-5-8-12-23/h5-18,20-21H,3-4,19H2,1-2H3,(H,32,36). The van der Waals surface area contributed by atoms with Crippen molar-refractivity contribution in [3.63, 3.8) is 0 Å². The quantitative estimate of drug-likeness (QED) is 0.257. The Morgan fingerprint density at radius 3 is 2.32 bits per heavy atom. The van der Waals surface area contributed by atoms with Gasteiger partial charge in [0.25, 0.3) is 5.91 Å². The summed E-state index contributed by atoms with van der Waals surface area (Å²) >= 11 is 0. The number of anilines is 1. The molecule has 0 atom stereocenters. The summed E-state index contributed by atoms with van der Waals surface area (Å²) in [6.07, 6.45) is 5.20. The first-order valence-corrected chi connectivity index (χ1v) is 12.6. The highest BCUT2D eigenvalue weighted by atomic mass is 16.5. The fourth-order valence-corrected chi connectivity index (χ4v) is 4.16. The summed E-state index contributed by atoms with van der Waals surface area (Å²) in [6.45, 7) is 5.52. The Labute approximate surface area is 221 Å². The van der Waals surface area contributed by atoms with Gasteiger partial charge in [0.2, 0.25) is 0 Å². The molecule has 2 aromatic heterocycles. The number of carbonyl (C=O) groups is 1. The number of hydrogen-bond acceptors (Lipinski definition) is 5. The third-order valence-corrected chi connectivity index (χ3v) is 5.87. The monoisotopic (exact) mass is 507 g/mol. The van der Waals surface area contributed by atoms with E-state index in [1.807, 2.05) is 92.7 Å². The van der Waals surface area contributed by atoms with Crippen molar-refractivity contribution in [2.24, 2.45) is 0 Å². The zero-order valence-corrected chi connectivity index (χ0v) is 21.4. The van der Waals surface area contributed by atoms with Crippen LogP contribution < -0.4 is 14.8 Å². The molecule has 5 aromatic rings. The highest BCUT2D eigenvalue weighted by molar-refractivity contribution is 6.08. The van der Waals surface area contributed by atoms with Crippen molar-refractivity contribution in [1.29, 1.82) is 0 Å². The van der Waals surface area contributed by atoms with E-state index in [2.05, 4.69) is 10.4 Å². The lowest BCUT2D eigenvalue weighted by atomic mass is 10.1. The predicted molar refractivity (Wildman–Crippen MR) is 147 cm³/mol. The molecule has 0 spiro atoms. The van der Waals surface area contributed by atoms with Crippen LogP contribution in [0.4, 0.5) is 5.69 Å². The molecule has 1 N–H and O–H groups in total. The first-order chi connectivity index (χ1) is 18.6. The van der Waals surface area contributed by atoms with Crippen LogP contribution in [0.1, 0.15) is 29.8 Å². The average Bonchev–Trinajstić information content (AvgIpc) is 3.59. The second-order valence-corrected chi connectivity index (χ2v) is 8.57. The average molecular weight is 508 g/mol. The molecule has 3 aromatic carbocycles. The van der Waals surface area contributed by atoms with E-state index < -0.39 is 0 Å². The van der Waals surface area contributed by atoms with E-state index in [0.29, 0.717) is 42.5 Å². The van der Waals surface area contributed by atoms with E-state index in [9.17, 15) is 4.79 Å². The molecule has 0 fully saturated rings. The maximum atomic E-state index is 13.4. The van der Waals surface area contributed by atoms with E-state index in [-0.39, 0.29) is 5.91 Å². The molecule has 8 nitrogen and oxygen atoms in total. The van der Waals surface area contributed by atoms with Gasteiger partial charge in [0.1, 0.15) is 5.69 Å². The molecule has 0 bridgehead atoms. The molecule has 0 aliphatic rings. The van der Waals surface area contributed by atoms with Gasteiger partial charge in [0, 0.05) is 18.0 Å². The first kappa shape index (κ1) is 24.8. The minimum Gasteiger partial charge on any atom is -0.490 e. The van der Waals surface area contributed by atoms with Crippen LogP contribution >= 0.6 is 0 Å². The third-order valence-electron chi connectivity index (χ3n) is 5.87. The van der Waals surface area contributed by atoms with Crippen LogP contribution in [0.2, 0.25) is 0 Å². The summed E-state index contributed by atoms with van der Waals surface area (Å²) in [4.78, 5) is 13.4. The fourth-order valence-electron chi connectivity index (χ4n) is 4.16. The molecule has 0 saturated heterocycles. The summed E-state index contributed by atoms with van der Waals surface area (Å²) in [5.74, 6) is 1.17. The minimum absolute atomic E-state index is 0.259. The molecular weight excluding hydrogens is 478 g/mol. The van der Waals surface area contributed by atoms with Crippen LogP contribution in [0.25, 0.3) is 16.9 Å². The number of nitrogens with one attached hydrogen (secondary N) is 1. The molecule has 2 heterocycles. The predicted octanol–water partition coefficient (Wildman–Crippen LogP) is 5.83. The second-order valence-electron chi connectivity index (χ2n) is 8.57. The molecular formula is C30H29N5O3. The van der Waals surface area contributed by atoms with Gasteiger partial charge in [0.15, 0.2) is 11.5 Å². The summed E-state index contributed by atoms with van der Waals surface area (Å²) in [6, 6.07) is 25.3. The first-order valence-electron chi connectivity index (χ1n) is 12.6. The summed E-state index contributed by atoms with van der Waals surface area (Å²) in [5, 5.41) is 12.1. The maximum Gasteiger partial charge on any atom is 0.259 e. The minimum atomic E-state index is -0.259. The Bertz CT molecular complexity index is 1510. The van der Waals surface area contributed by atoms with Crippen molar-refractivity contribution in [3.05, 3.63) is 109 Å². The number of rotatable bonds is 10. The Morgan fingerprint density at radius 2 is 1.58 bits per heavy atom. The van der Waals surface area contributed by atoms with Crippen molar-refractivity contribution in [3.8, 4) is 28.4 Å². The third kappa shape index (κ3) is 5.59. The van der Waals surface area contributed by atoms with Crippen LogP contribution in [-0.2, 0) is 6.54 Å². The number of carbonyl (C=O) groups excluding carboxylic acids is 1. The van der Waals surface area contributed by atoms with Crippen molar-refractivity contribution < 1.29 is 14.3 Å². The fraction of sp³-hybridized carbons (Fsp3) is 0.167. The zero-order valence-electron chi connectivity index (χ0n) is 21.4. The van der Waals surface area contributed by atoms with Crippen LogP contribution in [0.15, 0.2) is 97.5 Å². The molecule has 5 rings (SSSR count). The highest BCUT2D eigenvalue weighted by Crippen LogP contribution is 2.29. The zero-order chi connectivity index (χ0) is 26.3. The molecule has 0 aliphatic heterocycles. The topological polar surface area (TPSA) is 83.2 Å². The lowest BCUT2D eigenvalue weighted by molar-refractivity contribution is 0.102. The van der Waals surface area contributed by atoms with Gasteiger partial charge < -0.3 is 14.8 Å². The van der Waals surface area contributed by atoms with Gasteiger partial charge in [-0.2, -0.15) is 10.2 Å². The smallest absolute Gasteiger partial charge is 0.259 e. The normalized spacial score (nSPS) is 10.8. The van der Waals surface area contributed by atoms with Gasteiger partial charge >= 0.3 is 0 Å². The molecule has 38 heavy (non-hydrogen) atoms. The molecule has 1 amide bonds. The van der Waals surface area contributed by atoms with Gasteiger partial charge in [-0.1, -0.05) is 54.6 Å². The Balaban J connectivity index is 1.36. The van der Waals surface area contributed by atoms with Crippen molar-refractivity contribution in [2.45, 2.75) is 20.4 Å². The van der Waals surface area contributed by atoms with E-state index in [1.165, 1.54) is 0 Å². The summed E-state index contributed by atoms with van der Waals surface area (Å²) in [7, 11) is 0. The van der Waals surface area contributed by atoms with Gasteiger partial charge in [-0.3, -0.25) is 9.48 Å².